The summed E-state index contributed by atoms with van der Waals surface area (Å²) >= 11 is 12.9. The van der Waals surface area contributed by atoms with E-state index in [1.54, 1.807) is 18.4 Å². The van der Waals surface area contributed by atoms with Crippen LogP contribution < -0.4 is 14.2 Å². The van der Waals surface area contributed by atoms with Crippen molar-refractivity contribution in [3.05, 3.63) is 106 Å². The summed E-state index contributed by atoms with van der Waals surface area (Å²) in [7, 11) is 2.92. The number of hydrogen-bond donors (Lipinski definition) is 0. The normalized spacial score (nSPS) is 17.7. The number of fused-ring (bicyclic) bond motifs is 1. The van der Waals surface area contributed by atoms with Gasteiger partial charge in [-0.25, -0.2) is 4.98 Å². The second-order valence-electron chi connectivity index (χ2n) is 14.6. The third-order valence-electron chi connectivity index (χ3n) is 11.2. The first-order valence-corrected chi connectivity index (χ1v) is 19.8. The molecule has 2 aliphatic rings. The number of rotatable bonds is 14. The van der Waals surface area contributed by atoms with Gasteiger partial charge in [0.15, 0.2) is 17.3 Å². The number of furan rings is 1. The Balaban J connectivity index is 1.06. The number of ketones is 1. The predicted molar refractivity (Wildman–Crippen MR) is 214 cm³/mol. The molecule has 4 heterocycles. The summed E-state index contributed by atoms with van der Waals surface area (Å²) < 4.78 is 24.3. The van der Waals surface area contributed by atoms with Crippen molar-refractivity contribution in [1.82, 2.24) is 19.4 Å². The summed E-state index contributed by atoms with van der Waals surface area (Å²) in [5, 5.41) is 0.938. The highest BCUT2D eigenvalue weighted by Gasteiger charge is 2.42. The van der Waals surface area contributed by atoms with Crippen LogP contribution >= 0.6 is 23.2 Å². The van der Waals surface area contributed by atoms with Gasteiger partial charge in [-0.05, 0) is 106 Å². The highest BCUT2D eigenvalue weighted by molar-refractivity contribution is 6.42. The van der Waals surface area contributed by atoms with E-state index in [1.807, 2.05) is 71.0 Å². The molecule has 5 aromatic rings. The number of carbonyl (C=O) groups excluding carboxylic acids is 3. The van der Waals surface area contributed by atoms with E-state index in [4.69, 9.17) is 46.8 Å². The van der Waals surface area contributed by atoms with Gasteiger partial charge < -0.3 is 33.0 Å². The SMILES string of the molecule is CCCC(=O)Oc1c(OC)cc(C(=O)N2CCC(CCN3CCC(C(=O)c4nc5ccccc5n4Cc4ccco4)CC3)(c3ccc(Cl)c(Cl)c3)C2)cc1OC. The molecule has 1 unspecified atom stereocenters. The molecule has 1 atom stereocenters. The molecule has 2 fully saturated rings. The molecule has 0 aliphatic carbocycles. The van der Waals surface area contributed by atoms with E-state index in [1.165, 1.54) is 14.2 Å². The van der Waals surface area contributed by atoms with Crippen molar-refractivity contribution in [3.8, 4) is 17.2 Å². The Kier molecular flexibility index (Phi) is 12.0. The second kappa shape index (κ2) is 17.1. The minimum Gasteiger partial charge on any atom is -0.493 e. The molecule has 0 spiro atoms. The number of para-hydroxylation sites is 2. The molecule has 1 amide bonds. The Morgan fingerprint density at radius 3 is 2.36 bits per heavy atom. The van der Waals surface area contributed by atoms with Gasteiger partial charge in [0.1, 0.15) is 5.76 Å². The molecule has 0 saturated carbocycles. The lowest BCUT2D eigenvalue weighted by molar-refractivity contribution is -0.134. The largest absolute Gasteiger partial charge is 0.493 e. The van der Waals surface area contributed by atoms with Gasteiger partial charge in [-0.2, -0.15) is 0 Å². The maximum Gasteiger partial charge on any atom is 0.311 e. The summed E-state index contributed by atoms with van der Waals surface area (Å²) in [5.41, 5.74) is 2.69. The lowest BCUT2D eigenvalue weighted by Crippen LogP contribution is -2.41. The summed E-state index contributed by atoms with van der Waals surface area (Å²) in [6.07, 6.45) is 5.45. The Bertz CT molecular complexity index is 2190. The van der Waals surface area contributed by atoms with E-state index in [0.717, 1.165) is 67.7 Å². The van der Waals surface area contributed by atoms with Crippen molar-refractivity contribution in [2.45, 2.75) is 57.4 Å². The number of benzene rings is 3. The number of aromatic nitrogens is 2. The molecule has 7 rings (SSSR count). The molecule has 0 N–H and O–H groups in total. The number of carbonyl (C=O) groups is 3. The molecule has 294 valence electrons. The van der Waals surface area contributed by atoms with Gasteiger partial charge in [0.2, 0.25) is 11.5 Å². The number of ether oxygens (including phenoxy) is 3. The van der Waals surface area contributed by atoms with Gasteiger partial charge in [-0.3, -0.25) is 14.4 Å². The molecule has 0 bridgehead atoms. The van der Waals surface area contributed by atoms with Crippen LogP contribution in [-0.4, -0.2) is 84.0 Å². The Morgan fingerprint density at radius 2 is 1.68 bits per heavy atom. The first-order chi connectivity index (χ1) is 27.1. The van der Waals surface area contributed by atoms with Crippen LogP contribution in [0.2, 0.25) is 10.0 Å². The number of Topliss-reactive ketones (excluding diaryl/α,β-unsaturated/α-hetero) is 1. The van der Waals surface area contributed by atoms with Crippen molar-refractivity contribution in [1.29, 1.82) is 0 Å². The number of esters is 1. The van der Waals surface area contributed by atoms with Crippen LogP contribution in [0, 0.1) is 5.92 Å². The van der Waals surface area contributed by atoms with Gasteiger partial charge in [0.25, 0.3) is 5.91 Å². The molecule has 3 aromatic carbocycles. The third kappa shape index (κ3) is 8.17. The maximum atomic E-state index is 14.2. The minimum absolute atomic E-state index is 0.0602. The number of likely N-dealkylation sites (tertiary alicyclic amines) is 2. The van der Waals surface area contributed by atoms with E-state index in [2.05, 4.69) is 4.90 Å². The molecular formula is C43H46Cl2N4O7. The monoisotopic (exact) mass is 800 g/mol. The van der Waals surface area contributed by atoms with Gasteiger partial charge >= 0.3 is 5.97 Å². The van der Waals surface area contributed by atoms with Crippen LogP contribution in [0.5, 0.6) is 17.2 Å². The van der Waals surface area contributed by atoms with Gasteiger partial charge in [-0.1, -0.05) is 48.3 Å². The van der Waals surface area contributed by atoms with Crippen LogP contribution in [0.25, 0.3) is 11.0 Å². The molecule has 2 aliphatic heterocycles. The van der Waals surface area contributed by atoms with Crippen molar-refractivity contribution in [2.75, 3.05) is 46.9 Å². The van der Waals surface area contributed by atoms with E-state index >= 15 is 0 Å². The van der Waals surface area contributed by atoms with Crippen LogP contribution in [0.15, 0.2) is 77.4 Å². The fourth-order valence-corrected chi connectivity index (χ4v) is 8.36. The summed E-state index contributed by atoms with van der Waals surface area (Å²) in [6.45, 7) is 5.62. The van der Waals surface area contributed by atoms with Crippen LogP contribution in [0.1, 0.15) is 77.7 Å². The summed E-state index contributed by atoms with van der Waals surface area (Å²) in [4.78, 5) is 49.6. The van der Waals surface area contributed by atoms with Crippen molar-refractivity contribution in [2.24, 2.45) is 5.92 Å². The number of imidazole rings is 1. The number of methoxy groups -OCH3 is 2. The van der Waals surface area contributed by atoms with Crippen LogP contribution in [0.3, 0.4) is 0 Å². The topological polar surface area (TPSA) is 116 Å². The highest BCUT2D eigenvalue weighted by Crippen LogP contribution is 2.43. The fraction of sp³-hybridized carbons (Fsp3) is 0.395. The number of hydrogen-bond acceptors (Lipinski definition) is 9. The van der Waals surface area contributed by atoms with Crippen LogP contribution in [-0.2, 0) is 16.8 Å². The highest BCUT2D eigenvalue weighted by atomic mass is 35.5. The quantitative estimate of drug-likeness (QED) is 0.0620. The Hall–Kier alpha value is -4.84. The lowest BCUT2D eigenvalue weighted by Gasteiger charge is -2.36. The number of nitrogens with zero attached hydrogens (tertiary/aromatic N) is 4. The smallest absolute Gasteiger partial charge is 0.311 e. The van der Waals surface area contributed by atoms with Crippen molar-refractivity contribution in [3.63, 3.8) is 0 Å². The maximum absolute atomic E-state index is 14.2. The van der Waals surface area contributed by atoms with Gasteiger partial charge in [-0.15, -0.1) is 0 Å². The van der Waals surface area contributed by atoms with Crippen LogP contribution in [0.4, 0.5) is 0 Å². The molecule has 2 aromatic heterocycles. The summed E-state index contributed by atoms with van der Waals surface area (Å²) in [5.74, 6) is 1.18. The van der Waals surface area contributed by atoms with E-state index < -0.39 is 11.4 Å². The van der Waals surface area contributed by atoms with E-state index in [-0.39, 0.29) is 41.3 Å². The van der Waals surface area contributed by atoms with Crippen molar-refractivity contribution >= 4 is 51.9 Å². The molecule has 56 heavy (non-hydrogen) atoms. The molecule has 0 radical (unpaired) electrons. The molecule has 13 heteroatoms. The number of piperidine rings is 1. The number of halogens is 2. The van der Waals surface area contributed by atoms with E-state index in [0.29, 0.717) is 47.5 Å². The fourth-order valence-electron chi connectivity index (χ4n) is 8.07. The summed E-state index contributed by atoms with van der Waals surface area (Å²) in [6, 6.07) is 20.5. The third-order valence-corrected chi connectivity index (χ3v) is 11.9. The molecule has 11 nitrogen and oxygen atoms in total. The van der Waals surface area contributed by atoms with Gasteiger partial charge in [0, 0.05) is 36.4 Å². The Morgan fingerprint density at radius 1 is 0.929 bits per heavy atom. The molecule has 2 saturated heterocycles. The standard InChI is InChI=1S/C43H46Cl2N4O7/c1-4-8-38(50)56-40-36(53-2)23-29(24-37(40)54-3)42(52)48-21-17-43(27-48,30-12-13-32(44)33(45)25-30)16-20-47-18-14-28(15-19-47)39(51)41-46-34-10-5-6-11-35(34)49(41)26-31-9-7-22-55-31/h5-7,9-13,22-25,28H,4,8,14-21,26-27H2,1-3H3. The minimum atomic E-state index is -0.410. The molecular weight excluding hydrogens is 755 g/mol. The van der Waals surface area contributed by atoms with Gasteiger partial charge in [0.05, 0.1) is 48.1 Å². The van der Waals surface area contributed by atoms with Crippen molar-refractivity contribution < 1.29 is 33.0 Å². The first kappa shape index (κ1) is 39.4. The number of amides is 1. The first-order valence-electron chi connectivity index (χ1n) is 19.1. The zero-order valence-electron chi connectivity index (χ0n) is 31.9. The lowest BCUT2D eigenvalue weighted by atomic mass is 9.76. The second-order valence-corrected chi connectivity index (χ2v) is 15.5. The average Bonchev–Trinajstić information content (AvgIpc) is 3.98. The zero-order chi connectivity index (χ0) is 39.4. The Labute approximate surface area is 336 Å². The predicted octanol–water partition coefficient (Wildman–Crippen LogP) is 8.48. The average molecular weight is 802 g/mol. The zero-order valence-corrected chi connectivity index (χ0v) is 33.4. The van der Waals surface area contributed by atoms with E-state index in [9.17, 15) is 14.4 Å².